The van der Waals surface area contributed by atoms with Crippen LogP contribution in [-0.4, -0.2) is 26.0 Å². The summed E-state index contributed by atoms with van der Waals surface area (Å²) in [5.74, 6) is 1.06. The van der Waals surface area contributed by atoms with Crippen molar-refractivity contribution in [3.05, 3.63) is 18.3 Å². The van der Waals surface area contributed by atoms with Crippen LogP contribution in [0.4, 0.5) is 5.82 Å². The summed E-state index contributed by atoms with van der Waals surface area (Å²) in [5, 5.41) is 3.01. The van der Waals surface area contributed by atoms with Crippen molar-refractivity contribution < 1.29 is 8.42 Å². The van der Waals surface area contributed by atoms with E-state index in [-0.39, 0.29) is 10.9 Å². The summed E-state index contributed by atoms with van der Waals surface area (Å²) in [6, 6.07) is 3.31. The smallest absolute Gasteiger partial charge is 0.244 e. The first-order valence-corrected chi connectivity index (χ1v) is 9.26. The van der Waals surface area contributed by atoms with Gasteiger partial charge in [0, 0.05) is 18.8 Å². The molecule has 2 unspecified atom stereocenters. The third kappa shape index (κ3) is 4.17. The minimum Gasteiger partial charge on any atom is -0.369 e. The molecule has 6 heteroatoms. The normalized spacial score (nSPS) is 23.0. The van der Waals surface area contributed by atoms with E-state index in [9.17, 15) is 8.42 Å². The van der Waals surface area contributed by atoms with Gasteiger partial charge in [-0.1, -0.05) is 26.2 Å². The number of nitrogens with one attached hydrogen (secondary N) is 2. The van der Waals surface area contributed by atoms with Crippen LogP contribution < -0.4 is 10.0 Å². The van der Waals surface area contributed by atoms with E-state index in [1.54, 1.807) is 18.3 Å². The van der Waals surface area contributed by atoms with Crippen molar-refractivity contribution in [3.8, 4) is 0 Å². The summed E-state index contributed by atoms with van der Waals surface area (Å²) in [5.41, 5.74) is 0. The number of pyridine rings is 1. The lowest BCUT2D eigenvalue weighted by Crippen LogP contribution is -2.38. The number of sulfonamides is 1. The van der Waals surface area contributed by atoms with Gasteiger partial charge in [-0.3, -0.25) is 0 Å². The SMILES string of the molecule is CCNc1ncccc1S(=O)(=O)NC1CCCC(CC)C1. The van der Waals surface area contributed by atoms with E-state index >= 15 is 0 Å². The Balaban J connectivity index is 2.15. The number of hydrogen-bond donors (Lipinski definition) is 2. The van der Waals surface area contributed by atoms with Gasteiger partial charge in [-0.25, -0.2) is 18.1 Å². The molecule has 0 amide bonds. The van der Waals surface area contributed by atoms with Crippen molar-refractivity contribution in [1.82, 2.24) is 9.71 Å². The van der Waals surface area contributed by atoms with Crippen LogP contribution in [0.2, 0.25) is 0 Å². The first kappa shape index (κ1) is 16.2. The maximum Gasteiger partial charge on any atom is 0.244 e. The zero-order chi connectivity index (χ0) is 15.3. The minimum atomic E-state index is -3.52. The summed E-state index contributed by atoms with van der Waals surface area (Å²) in [6.07, 6.45) is 6.89. The highest BCUT2D eigenvalue weighted by molar-refractivity contribution is 7.89. The van der Waals surface area contributed by atoms with Crippen LogP contribution in [0, 0.1) is 5.92 Å². The van der Waals surface area contributed by atoms with Gasteiger partial charge < -0.3 is 5.32 Å². The van der Waals surface area contributed by atoms with Crippen LogP contribution in [0.1, 0.15) is 46.0 Å². The Bertz CT molecular complexity index is 560. The van der Waals surface area contributed by atoms with E-state index < -0.39 is 10.0 Å². The van der Waals surface area contributed by atoms with Crippen LogP contribution in [0.5, 0.6) is 0 Å². The Kier molecular flexibility index (Phi) is 5.58. The quantitative estimate of drug-likeness (QED) is 0.847. The highest BCUT2D eigenvalue weighted by Gasteiger charge is 2.27. The second kappa shape index (κ2) is 7.22. The fraction of sp³-hybridized carbons (Fsp3) is 0.667. The predicted octanol–water partition coefficient (Wildman–Crippen LogP) is 2.76. The van der Waals surface area contributed by atoms with E-state index in [1.165, 1.54) is 6.42 Å². The molecular formula is C15H25N3O2S. The third-order valence-electron chi connectivity index (χ3n) is 4.09. The van der Waals surface area contributed by atoms with Gasteiger partial charge in [0.1, 0.15) is 10.7 Å². The molecule has 1 aromatic heterocycles. The highest BCUT2D eigenvalue weighted by atomic mass is 32.2. The average Bonchev–Trinajstić information content (AvgIpc) is 2.48. The molecular weight excluding hydrogens is 286 g/mol. The van der Waals surface area contributed by atoms with E-state index in [0.717, 1.165) is 25.7 Å². The number of aromatic nitrogens is 1. The maximum atomic E-state index is 12.6. The Morgan fingerprint density at radius 2 is 2.14 bits per heavy atom. The first-order chi connectivity index (χ1) is 10.1. The van der Waals surface area contributed by atoms with Crippen molar-refractivity contribution in [3.63, 3.8) is 0 Å². The minimum absolute atomic E-state index is 0.0448. The van der Waals surface area contributed by atoms with Gasteiger partial charge in [-0.05, 0) is 37.8 Å². The molecule has 21 heavy (non-hydrogen) atoms. The van der Waals surface area contributed by atoms with Gasteiger partial charge in [-0.15, -0.1) is 0 Å². The van der Waals surface area contributed by atoms with Crippen LogP contribution in [-0.2, 0) is 10.0 Å². The van der Waals surface area contributed by atoms with Crippen LogP contribution in [0.3, 0.4) is 0 Å². The first-order valence-electron chi connectivity index (χ1n) is 7.78. The molecule has 5 nitrogen and oxygen atoms in total. The van der Waals surface area contributed by atoms with Gasteiger partial charge in [0.2, 0.25) is 10.0 Å². The van der Waals surface area contributed by atoms with E-state index in [4.69, 9.17) is 0 Å². The molecule has 2 atom stereocenters. The fourth-order valence-electron chi connectivity index (χ4n) is 2.96. The van der Waals surface area contributed by atoms with Crippen molar-refractivity contribution in [2.24, 2.45) is 5.92 Å². The zero-order valence-electron chi connectivity index (χ0n) is 12.8. The molecule has 0 aromatic carbocycles. The number of nitrogens with zero attached hydrogens (tertiary/aromatic N) is 1. The summed E-state index contributed by atoms with van der Waals surface area (Å²) in [4.78, 5) is 4.37. The van der Waals surface area contributed by atoms with E-state index in [1.807, 2.05) is 6.92 Å². The molecule has 118 valence electrons. The molecule has 0 aliphatic heterocycles. The molecule has 0 radical (unpaired) electrons. The van der Waals surface area contributed by atoms with Crippen LogP contribution in [0.25, 0.3) is 0 Å². The Morgan fingerprint density at radius 1 is 1.33 bits per heavy atom. The molecule has 0 saturated heterocycles. The number of hydrogen-bond acceptors (Lipinski definition) is 4. The highest BCUT2D eigenvalue weighted by Crippen LogP contribution is 2.28. The molecule has 0 bridgehead atoms. The van der Waals surface area contributed by atoms with Crippen LogP contribution in [0.15, 0.2) is 23.2 Å². The van der Waals surface area contributed by atoms with E-state index in [2.05, 4.69) is 21.9 Å². The summed E-state index contributed by atoms with van der Waals surface area (Å²) < 4.78 is 28.1. The molecule has 1 aromatic rings. The molecule has 0 spiro atoms. The van der Waals surface area contributed by atoms with Crippen LogP contribution >= 0.6 is 0 Å². The zero-order valence-corrected chi connectivity index (χ0v) is 13.6. The van der Waals surface area contributed by atoms with Crippen molar-refractivity contribution in [1.29, 1.82) is 0 Å². The molecule has 1 aliphatic rings. The molecule has 2 rings (SSSR count). The summed E-state index contributed by atoms with van der Waals surface area (Å²) in [6.45, 7) is 4.73. The molecule has 1 aliphatic carbocycles. The Hall–Kier alpha value is -1.14. The second-order valence-corrected chi connectivity index (χ2v) is 7.32. The lowest BCUT2D eigenvalue weighted by Gasteiger charge is -2.29. The lowest BCUT2D eigenvalue weighted by molar-refractivity contribution is 0.301. The van der Waals surface area contributed by atoms with Gasteiger partial charge >= 0.3 is 0 Å². The second-order valence-electron chi connectivity index (χ2n) is 5.64. The summed E-state index contributed by atoms with van der Waals surface area (Å²) in [7, 11) is -3.52. The topological polar surface area (TPSA) is 71.1 Å². The van der Waals surface area contributed by atoms with Gasteiger partial charge in [0.05, 0.1) is 0 Å². The van der Waals surface area contributed by atoms with Crippen molar-refractivity contribution >= 4 is 15.8 Å². The maximum absolute atomic E-state index is 12.6. The molecule has 2 N–H and O–H groups in total. The standard InChI is InChI=1S/C15H25N3O2S/c1-3-12-7-5-8-13(11-12)18-21(19,20)14-9-6-10-17-15(14)16-4-2/h6,9-10,12-13,18H,3-5,7-8,11H2,1-2H3,(H,16,17). The lowest BCUT2D eigenvalue weighted by atomic mass is 9.85. The monoisotopic (exact) mass is 311 g/mol. The van der Waals surface area contributed by atoms with Gasteiger partial charge in [0.25, 0.3) is 0 Å². The third-order valence-corrected chi connectivity index (χ3v) is 5.64. The Labute approximate surface area is 127 Å². The molecule has 1 fully saturated rings. The van der Waals surface area contributed by atoms with Gasteiger partial charge in [0.15, 0.2) is 0 Å². The largest absolute Gasteiger partial charge is 0.369 e. The number of anilines is 1. The number of rotatable bonds is 6. The van der Waals surface area contributed by atoms with Gasteiger partial charge in [-0.2, -0.15) is 0 Å². The molecule has 1 saturated carbocycles. The molecule has 1 heterocycles. The average molecular weight is 311 g/mol. The van der Waals surface area contributed by atoms with Crippen molar-refractivity contribution in [2.45, 2.75) is 56.9 Å². The van der Waals surface area contributed by atoms with E-state index in [0.29, 0.717) is 18.3 Å². The van der Waals surface area contributed by atoms with Crippen molar-refractivity contribution in [2.75, 3.05) is 11.9 Å². The fourth-order valence-corrected chi connectivity index (χ4v) is 4.38. The summed E-state index contributed by atoms with van der Waals surface area (Å²) >= 11 is 0. The predicted molar refractivity (Wildman–Crippen MR) is 84.8 cm³/mol. The Morgan fingerprint density at radius 3 is 2.86 bits per heavy atom.